The highest BCUT2D eigenvalue weighted by molar-refractivity contribution is 6.00. The summed E-state index contributed by atoms with van der Waals surface area (Å²) in [4.78, 5) is 24.1. The van der Waals surface area contributed by atoms with Gasteiger partial charge in [0.1, 0.15) is 11.9 Å². The highest BCUT2D eigenvalue weighted by atomic mass is 19.1. The number of anilines is 2. The summed E-state index contributed by atoms with van der Waals surface area (Å²) >= 11 is 0. The number of carbonyl (C=O) groups excluding carboxylic acids is 2. The second-order valence-electron chi connectivity index (χ2n) is 8.84. The number of benzene rings is 1. The molecule has 1 aromatic rings. The Bertz CT molecular complexity index is 773. The Morgan fingerprint density at radius 2 is 1.57 bits per heavy atom. The number of carbonyl (C=O) groups is 2. The van der Waals surface area contributed by atoms with E-state index < -0.39 is 5.82 Å². The molecule has 164 valence electrons. The van der Waals surface area contributed by atoms with Crippen molar-refractivity contribution >= 4 is 23.3 Å². The number of esters is 1. The molecule has 1 saturated heterocycles. The van der Waals surface area contributed by atoms with Crippen LogP contribution in [0.4, 0.5) is 15.8 Å². The van der Waals surface area contributed by atoms with Crippen LogP contribution in [0.2, 0.25) is 0 Å². The van der Waals surface area contributed by atoms with E-state index in [2.05, 4.69) is 16.0 Å². The van der Waals surface area contributed by atoms with Gasteiger partial charge in [0.15, 0.2) is 0 Å². The van der Waals surface area contributed by atoms with Gasteiger partial charge in [-0.2, -0.15) is 0 Å². The van der Waals surface area contributed by atoms with Gasteiger partial charge in [-0.1, -0.05) is 32.1 Å². The van der Waals surface area contributed by atoms with Crippen molar-refractivity contribution in [2.45, 2.75) is 88.8 Å². The average Bonchev–Trinajstić information content (AvgIpc) is 3.41. The summed E-state index contributed by atoms with van der Waals surface area (Å²) in [5, 5.41) is 9.65. The fourth-order valence-electron chi connectivity index (χ4n) is 4.78. The molecular weight excluding hydrogens is 385 g/mol. The number of cyclic esters (lactones) is 1. The Kier molecular flexibility index (Phi) is 6.75. The van der Waals surface area contributed by atoms with Crippen LogP contribution in [0.1, 0.15) is 81.0 Å². The van der Waals surface area contributed by atoms with Crippen molar-refractivity contribution in [2.24, 2.45) is 0 Å². The number of nitrogens with one attached hydrogen (secondary N) is 3. The van der Waals surface area contributed by atoms with E-state index in [0.29, 0.717) is 35.8 Å². The minimum atomic E-state index is -0.407. The lowest BCUT2D eigenvalue weighted by atomic mass is 9.95. The van der Waals surface area contributed by atoms with Crippen LogP contribution < -0.4 is 16.0 Å². The van der Waals surface area contributed by atoms with E-state index in [-0.39, 0.29) is 30.6 Å². The van der Waals surface area contributed by atoms with Gasteiger partial charge in [-0.3, -0.25) is 9.59 Å². The fourth-order valence-corrected chi connectivity index (χ4v) is 4.78. The Morgan fingerprint density at radius 1 is 0.933 bits per heavy atom. The molecule has 3 aliphatic rings. The quantitative estimate of drug-likeness (QED) is 0.575. The van der Waals surface area contributed by atoms with Gasteiger partial charge in [-0.25, -0.2) is 4.39 Å². The van der Waals surface area contributed by atoms with Crippen LogP contribution in [0, 0.1) is 5.82 Å². The molecule has 2 aliphatic carbocycles. The summed E-state index contributed by atoms with van der Waals surface area (Å²) in [6.45, 7) is 0.247. The lowest BCUT2D eigenvalue weighted by Gasteiger charge is -2.25. The molecule has 1 aliphatic heterocycles. The molecular formula is C23H32FN3O3. The predicted molar refractivity (Wildman–Crippen MR) is 114 cm³/mol. The largest absolute Gasteiger partial charge is 0.460 e. The first-order valence-corrected chi connectivity index (χ1v) is 11.4. The monoisotopic (exact) mass is 417 g/mol. The molecule has 2 saturated carbocycles. The molecule has 3 N–H and O–H groups in total. The molecule has 0 bridgehead atoms. The molecule has 3 fully saturated rings. The van der Waals surface area contributed by atoms with Crippen molar-refractivity contribution in [3.05, 3.63) is 23.5 Å². The number of rotatable bonds is 7. The minimum absolute atomic E-state index is 0.234. The number of amides is 1. The van der Waals surface area contributed by atoms with Gasteiger partial charge in [0.25, 0.3) is 5.91 Å². The summed E-state index contributed by atoms with van der Waals surface area (Å²) in [6.07, 6.45) is 10.8. The van der Waals surface area contributed by atoms with Crippen molar-refractivity contribution in [1.29, 1.82) is 0 Å². The van der Waals surface area contributed by atoms with Crippen molar-refractivity contribution in [3.8, 4) is 0 Å². The number of hydrogen-bond acceptors (Lipinski definition) is 5. The van der Waals surface area contributed by atoms with E-state index in [1.807, 2.05) is 0 Å². The van der Waals surface area contributed by atoms with Crippen molar-refractivity contribution in [2.75, 3.05) is 17.2 Å². The van der Waals surface area contributed by atoms with Crippen LogP contribution in [-0.4, -0.2) is 36.6 Å². The minimum Gasteiger partial charge on any atom is -0.460 e. The van der Waals surface area contributed by atoms with E-state index in [1.54, 1.807) is 6.07 Å². The molecule has 0 spiro atoms. The molecule has 0 aromatic heterocycles. The third-order valence-electron chi connectivity index (χ3n) is 6.49. The molecule has 1 atom stereocenters. The molecule has 4 rings (SSSR count). The Labute approximate surface area is 177 Å². The average molecular weight is 418 g/mol. The molecule has 6 nitrogen and oxygen atoms in total. The van der Waals surface area contributed by atoms with Gasteiger partial charge < -0.3 is 20.7 Å². The van der Waals surface area contributed by atoms with Gasteiger partial charge in [-0.05, 0) is 44.2 Å². The van der Waals surface area contributed by atoms with Crippen LogP contribution in [0.5, 0.6) is 0 Å². The van der Waals surface area contributed by atoms with E-state index in [1.165, 1.54) is 38.2 Å². The summed E-state index contributed by atoms with van der Waals surface area (Å²) < 4.78 is 20.1. The number of hydrogen-bond donors (Lipinski definition) is 3. The molecule has 0 radical (unpaired) electrons. The predicted octanol–water partition coefficient (Wildman–Crippen LogP) is 4.36. The molecule has 1 amide bonds. The zero-order chi connectivity index (χ0) is 20.9. The smallest absolute Gasteiger partial charge is 0.306 e. The van der Waals surface area contributed by atoms with Crippen LogP contribution in [-0.2, 0) is 9.53 Å². The first-order valence-electron chi connectivity index (χ1n) is 11.4. The van der Waals surface area contributed by atoms with E-state index in [4.69, 9.17) is 4.74 Å². The normalized spacial score (nSPS) is 22.7. The molecule has 0 unspecified atom stereocenters. The third-order valence-corrected chi connectivity index (χ3v) is 6.49. The second-order valence-corrected chi connectivity index (χ2v) is 8.84. The van der Waals surface area contributed by atoms with E-state index in [9.17, 15) is 14.0 Å². The maximum Gasteiger partial charge on any atom is 0.306 e. The second kappa shape index (κ2) is 9.67. The Hall–Kier alpha value is -2.31. The summed E-state index contributed by atoms with van der Waals surface area (Å²) in [7, 11) is 0. The molecule has 7 heteroatoms. The fraction of sp³-hybridized carbons (Fsp3) is 0.652. The Morgan fingerprint density at radius 3 is 2.20 bits per heavy atom. The van der Waals surface area contributed by atoms with E-state index >= 15 is 0 Å². The molecule has 1 heterocycles. The van der Waals surface area contributed by atoms with Crippen LogP contribution in [0.25, 0.3) is 0 Å². The van der Waals surface area contributed by atoms with Gasteiger partial charge in [-0.15, -0.1) is 0 Å². The van der Waals surface area contributed by atoms with Crippen LogP contribution in [0.15, 0.2) is 12.1 Å². The van der Waals surface area contributed by atoms with Gasteiger partial charge in [0.2, 0.25) is 0 Å². The highest BCUT2D eigenvalue weighted by Gasteiger charge is 2.26. The molecule has 30 heavy (non-hydrogen) atoms. The Balaban J connectivity index is 1.50. The van der Waals surface area contributed by atoms with Crippen molar-refractivity contribution in [3.63, 3.8) is 0 Å². The molecule has 1 aromatic carbocycles. The number of halogens is 1. The number of ether oxygens (including phenoxy) is 1. The first-order chi connectivity index (χ1) is 14.6. The van der Waals surface area contributed by atoms with Crippen LogP contribution >= 0.6 is 0 Å². The summed E-state index contributed by atoms with van der Waals surface area (Å²) in [5.74, 6) is -0.987. The summed E-state index contributed by atoms with van der Waals surface area (Å²) in [6, 6.07) is 3.68. The maximum atomic E-state index is 14.9. The first kappa shape index (κ1) is 20.9. The zero-order valence-corrected chi connectivity index (χ0v) is 17.5. The third kappa shape index (κ3) is 5.24. The zero-order valence-electron chi connectivity index (χ0n) is 17.5. The highest BCUT2D eigenvalue weighted by Crippen LogP contribution is 2.31. The van der Waals surface area contributed by atoms with E-state index in [0.717, 1.165) is 25.7 Å². The maximum absolute atomic E-state index is 14.9. The topological polar surface area (TPSA) is 79.5 Å². The summed E-state index contributed by atoms with van der Waals surface area (Å²) in [5.41, 5.74) is 1.43. The lowest BCUT2D eigenvalue weighted by molar-refractivity contribution is -0.141. The van der Waals surface area contributed by atoms with Gasteiger partial charge in [0, 0.05) is 24.2 Å². The lowest BCUT2D eigenvalue weighted by Crippen LogP contribution is -2.33. The van der Waals surface area contributed by atoms with Crippen molar-refractivity contribution in [1.82, 2.24) is 5.32 Å². The standard InChI is InChI=1S/C23H32FN3O3/c24-19-12-18(23(29)25-14-17-10-11-22(28)30-17)20(26-15-8-4-5-9-15)13-21(19)27-16-6-2-1-3-7-16/h12-13,15-17,26-27H,1-11,14H2,(H,25,29)/t17-/m0/s1. The van der Waals surface area contributed by atoms with Crippen molar-refractivity contribution < 1.29 is 18.7 Å². The SMILES string of the molecule is O=C1CC[C@@H](CNC(=O)c2cc(F)c(NC3CCCCC3)cc2NC2CCCC2)O1. The van der Waals surface area contributed by atoms with Crippen LogP contribution in [0.3, 0.4) is 0 Å². The van der Waals surface area contributed by atoms with Gasteiger partial charge in [0.05, 0.1) is 17.8 Å². The van der Waals surface area contributed by atoms with Gasteiger partial charge >= 0.3 is 5.97 Å².